The summed E-state index contributed by atoms with van der Waals surface area (Å²) in [5, 5.41) is 0.153. The molecule has 0 fully saturated rings. The van der Waals surface area contributed by atoms with E-state index in [0.717, 1.165) is 16.7 Å². The van der Waals surface area contributed by atoms with Crippen LogP contribution in [0.5, 0.6) is 0 Å². The lowest BCUT2D eigenvalue weighted by molar-refractivity contribution is 0.0785. The SMILES string of the molecule is Cc1ccc(CN(C)C(=O)c2ccc(NS(=O)(=O)c3ccc(C)cc3)c(Cl)c2)cc1. The molecule has 0 radical (unpaired) electrons. The molecular formula is C23H23ClN2O3S. The topological polar surface area (TPSA) is 66.5 Å². The molecule has 0 aliphatic heterocycles. The molecule has 0 saturated heterocycles. The van der Waals surface area contributed by atoms with Gasteiger partial charge < -0.3 is 4.90 Å². The van der Waals surface area contributed by atoms with Crippen molar-refractivity contribution >= 4 is 33.2 Å². The van der Waals surface area contributed by atoms with Gasteiger partial charge in [-0.1, -0.05) is 59.1 Å². The minimum absolute atomic E-state index is 0.141. The highest BCUT2D eigenvalue weighted by Gasteiger charge is 2.18. The van der Waals surface area contributed by atoms with Gasteiger partial charge in [0.1, 0.15) is 0 Å². The molecule has 0 aromatic heterocycles. The molecule has 1 amide bonds. The lowest BCUT2D eigenvalue weighted by atomic mass is 10.1. The third kappa shape index (κ3) is 5.20. The zero-order valence-corrected chi connectivity index (χ0v) is 18.6. The van der Waals surface area contributed by atoms with Crippen molar-refractivity contribution in [3.8, 4) is 0 Å². The highest BCUT2D eigenvalue weighted by Crippen LogP contribution is 2.26. The van der Waals surface area contributed by atoms with Crippen molar-refractivity contribution in [3.63, 3.8) is 0 Å². The molecule has 0 heterocycles. The Bertz CT molecular complexity index is 1160. The molecule has 0 aliphatic carbocycles. The summed E-state index contributed by atoms with van der Waals surface area (Å²) in [6.45, 7) is 4.35. The third-order valence-corrected chi connectivity index (χ3v) is 6.37. The van der Waals surface area contributed by atoms with E-state index >= 15 is 0 Å². The fourth-order valence-electron chi connectivity index (χ4n) is 2.91. The smallest absolute Gasteiger partial charge is 0.261 e. The summed E-state index contributed by atoms with van der Waals surface area (Å²) < 4.78 is 27.6. The predicted octanol–water partition coefficient (Wildman–Crippen LogP) is 5.03. The van der Waals surface area contributed by atoms with Crippen molar-refractivity contribution in [3.05, 3.63) is 94.0 Å². The summed E-state index contributed by atoms with van der Waals surface area (Å²) in [5.74, 6) is -0.203. The lowest BCUT2D eigenvalue weighted by Crippen LogP contribution is -2.26. The first-order valence-corrected chi connectivity index (χ1v) is 11.2. The number of anilines is 1. The Labute approximate surface area is 182 Å². The highest BCUT2D eigenvalue weighted by atomic mass is 35.5. The van der Waals surface area contributed by atoms with Gasteiger partial charge in [0.15, 0.2) is 0 Å². The second-order valence-electron chi connectivity index (χ2n) is 7.26. The number of nitrogens with zero attached hydrogens (tertiary/aromatic N) is 1. The molecule has 3 rings (SSSR count). The largest absolute Gasteiger partial charge is 0.337 e. The number of carbonyl (C=O) groups is 1. The van der Waals surface area contributed by atoms with E-state index < -0.39 is 10.0 Å². The molecule has 7 heteroatoms. The standard InChI is InChI=1S/C23H23ClN2O3S/c1-16-4-8-18(9-5-16)15-26(3)23(27)19-10-13-22(21(24)14-19)25-30(28,29)20-11-6-17(2)7-12-20/h4-14,25H,15H2,1-3H3. The summed E-state index contributed by atoms with van der Waals surface area (Å²) in [5.41, 5.74) is 3.74. The number of hydrogen-bond donors (Lipinski definition) is 1. The maximum atomic E-state index is 12.7. The molecule has 0 atom stereocenters. The van der Waals surface area contributed by atoms with Crippen LogP contribution in [0, 0.1) is 13.8 Å². The molecule has 0 spiro atoms. The number of nitrogens with one attached hydrogen (secondary N) is 1. The van der Waals surface area contributed by atoms with Crippen LogP contribution in [0.2, 0.25) is 5.02 Å². The van der Waals surface area contributed by atoms with Gasteiger partial charge in [-0.25, -0.2) is 8.42 Å². The van der Waals surface area contributed by atoms with Gasteiger partial charge in [-0.05, 0) is 49.7 Å². The van der Waals surface area contributed by atoms with Crippen LogP contribution in [0.15, 0.2) is 71.6 Å². The number of carbonyl (C=O) groups excluding carboxylic acids is 1. The molecule has 0 unspecified atom stereocenters. The number of halogens is 1. The molecule has 0 bridgehead atoms. The molecule has 3 aromatic carbocycles. The van der Waals surface area contributed by atoms with Crippen LogP contribution in [0.1, 0.15) is 27.0 Å². The molecule has 0 saturated carbocycles. The number of amides is 1. The fourth-order valence-corrected chi connectivity index (χ4v) is 4.28. The van der Waals surface area contributed by atoms with Crippen molar-refractivity contribution < 1.29 is 13.2 Å². The van der Waals surface area contributed by atoms with E-state index in [-0.39, 0.29) is 21.5 Å². The maximum absolute atomic E-state index is 12.7. The van der Waals surface area contributed by atoms with Crippen molar-refractivity contribution in [2.24, 2.45) is 0 Å². The van der Waals surface area contributed by atoms with Crippen LogP contribution < -0.4 is 4.72 Å². The van der Waals surface area contributed by atoms with Gasteiger partial charge in [-0.2, -0.15) is 0 Å². The van der Waals surface area contributed by atoms with Crippen molar-refractivity contribution in [1.29, 1.82) is 0 Å². The van der Waals surface area contributed by atoms with Crippen molar-refractivity contribution in [1.82, 2.24) is 4.90 Å². The van der Waals surface area contributed by atoms with E-state index in [1.54, 1.807) is 30.1 Å². The number of rotatable bonds is 6. The van der Waals surface area contributed by atoms with E-state index in [2.05, 4.69) is 4.72 Å². The molecular weight excluding hydrogens is 420 g/mol. The van der Waals surface area contributed by atoms with Crippen molar-refractivity contribution in [2.75, 3.05) is 11.8 Å². The Morgan fingerprint density at radius 1 is 0.933 bits per heavy atom. The van der Waals surface area contributed by atoms with E-state index in [1.165, 1.54) is 24.3 Å². The Kier molecular flexibility index (Phi) is 6.48. The first kappa shape index (κ1) is 21.9. The van der Waals surface area contributed by atoms with Crippen LogP contribution in [0.3, 0.4) is 0 Å². The van der Waals surface area contributed by atoms with Gasteiger partial charge in [0.2, 0.25) is 0 Å². The van der Waals surface area contributed by atoms with E-state index in [4.69, 9.17) is 11.6 Å². The zero-order chi connectivity index (χ0) is 21.9. The summed E-state index contributed by atoms with van der Waals surface area (Å²) in [6, 6.07) is 19.0. The zero-order valence-electron chi connectivity index (χ0n) is 17.0. The van der Waals surface area contributed by atoms with Crippen molar-refractivity contribution in [2.45, 2.75) is 25.3 Å². The van der Waals surface area contributed by atoms with Crippen LogP contribution in [0.4, 0.5) is 5.69 Å². The second kappa shape index (κ2) is 8.90. The first-order valence-electron chi connectivity index (χ1n) is 9.36. The van der Waals surface area contributed by atoms with Crippen LogP contribution in [-0.4, -0.2) is 26.3 Å². The monoisotopic (exact) mass is 442 g/mol. The lowest BCUT2D eigenvalue weighted by Gasteiger charge is -2.18. The Morgan fingerprint density at radius 3 is 2.07 bits per heavy atom. The second-order valence-corrected chi connectivity index (χ2v) is 9.35. The van der Waals surface area contributed by atoms with Crippen LogP contribution >= 0.6 is 11.6 Å². The third-order valence-electron chi connectivity index (χ3n) is 4.68. The Hall–Kier alpha value is -2.83. The predicted molar refractivity (Wildman–Crippen MR) is 120 cm³/mol. The van der Waals surface area contributed by atoms with Gasteiger partial charge >= 0.3 is 0 Å². The molecule has 3 aromatic rings. The summed E-state index contributed by atoms with van der Waals surface area (Å²) >= 11 is 6.28. The average Bonchev–Trinajstić information content (AvgIpc) is 2.71. The molecule has 156 valence electrons. The van der Waals surface area contributed by atoms with E-state index in [0.29, 0.717) is 12.1 Å². The number of aryl methyl sites for hydroxylation is 2. The van der Waals surface area contributed by atoms with Gasteiger partial charge in [0, 0.05) is 19.2 Å². The van der Waals surface area contributed by atoms with Gasteiger partial charge in [0.25, 0.3) is 15.9 Å². The Balaban J connectivity index is 1.74. The summed E-state index contributed by atoms with van der Waals surface area (Å²) in [6.07, 6.45) is 0. The summed E-state index contributed by atoms with van der Waals surface area (Å²) in [7, 11) is -2.06. The van der Waals surface area contributed by atoms with Gasteiger partial charge in [0.05, 0.1) is 15.6 Å². The Morgan fingerprint density at radius 2 is 1.50 bits per heavy atom. The number of sulfonamides is 1. The highest BCUT2D eigenvalue weighted by molar-refractivity contribution is 7.92. The van der Waals surface area contributed by atoms with E-state index in [9.17, 15) is 13.2 Å². The number of benzene rings is 3. The normalized spacial score (nSPS) is 11.2. The number of hydrogen-bond acceptors (Lipinski definition) is 3. The molecule has 0 aliphatic rings. The van der Waals surface area contributed by atoms with Gasteiger partial charge in [-0.15, -0.1) is 0 Å². The minimum atomic E-state index is -3.78. The van der Waals surface area contributed by atoms with E-state index in [1.807, 2.05) is 38.1 Å². The minimum Gasteiger partial charge on any atom is -0.337 e. The van der Waals surface area contributed by atoms with Crippen LogP contribution in [-0.2, 0) is 16.6 Å². The average molecular weight is 443 g/mol. The molecule has 1 N–H and O–H groups in total. The summed E-state index contributed by atoms with van der Waals surface area (Å²) in [4.78, 5) is 14.5. The fraction of sp³-hybridized carbons (Fsp3) is 0.174. The van der Waals surface area contributed by atoms with Gasteiger partial charge in [-0.3, -0.25) is 9.52 Å². The maximum Gasteiger partial charge on any atom is 0.261 e. The molecule has 5 nitrogen and oxygen atoms in total. The van der Waals surface area contributed by atoms with Crippen LogP contribution in [0.25, 0.3) is 0 Å². The molecule has 30 heavy (non-hydrogen) atoms. The quantitative estimate of drug-likeness (QED) is 0.582. The first-order chi connectivity index (χ1) is 14.2.